The second-order valence-corrected chi connectivity index (χ2v) is 6.55. The molecule has 2 heteroatoms. The molecule has 1 atom stereocenters. The van der Waals surface area contributed by atoms with Crippen molar-refractivity contribution in [3.05, 3.63) is 35.9 Å². The molecule has 0 aliphatic heterocycles. The SMILES string of the molecule is CCCCCCC(c1ccccc1)C(N)(CCC)CCC.Cl. The maximum Gasteiger partial charge on any atom is 0.0223 e. The molecule has 0 fully saturated rings. The number of rotatable bonds is 11. The zero-order valence-corrected chi connectivity index (χ0v) is 15.6. The Morgan fingerprint density at radius 3 is 1.95 bits per heavy atom. The molecule has 2 N–H and O–H groups in total. The van der Waals surface area contributed by atoms with Crippen LogP contribution in [-0.2, 0) is 0 Å². The fraction of sp³-hybridized carbons (Fsp3) is 0.700. The first kappa shape index (κ1) is 21.5. The molecule has 0 aliphatic carbocycles. The predicted octanol–water partition coefficient (Wildman–Crippen LogP) is 6.46. The highest BCUT2D eigenvalue weighted by Gasteiger charge is 2.33. The molecule has 0 saturated heterocycles. The van der Waals surface area contributed by atoms with Crippen LogP contribution in [0.1, 0.15) is 90.0 Å². The minimum Gasteiger partial charge on any atom is -0.325 e. The first-order chi connectivity index (χ1) is 10.2. The molecule has 1 rings (SSSR count). The van der Waals surface area contributed by atoms with Gasteiger partial charge < -0.3 is 5.73 Å². The Bertz CT molecular complexity index is 357. The number of unbranched alkanes of at least 4 members (excludes halogenated alkanes) is 3. The van der Waals surface area contributed by atoms with Crippen molar-refractivity contribution in [1.82, 2.24) is 0 Å². The number of hydrogen-bond donors (Lipinski definition) is 1. The minimum atomic E-state index is -0.0307. The molecule has 128 valence electrons. The van der Waals surface area contributed by atoms with E-state index in [1.807, 2.05) is 0 Å². The zero-order valence-electron chi connectivity index (χ0n) is 14.8. The van der Waals surface area contributed by atoms with Gasteiger partial charge in [-0.3, -0.25) is 0 Å². The molecule has 0 heterocycles. The summed E-state index contributed by atoms with van der Waals surface area (Å²) in [6, 6.07) is 11.0. The molecule has 0 saturated carbocycles. The summed E-state index contributed by atoms with van der Waals surface area (Å²) in [5, 5.41) is 0. The smallest absolute Gasteiger partial charge is 0.0223 e. The largest absolute Gasteiger partial charge is 0.325 e. The summed E-state index contributed by atoms with van der Waals surface area (Å²) < 4.78 is 0. The number of hydrogen-bond acceptors (Lipinski definition) is 1. The number of benzene rings is 1. The van der Waals surface area contributed by atoms with E-state index in [1.165, 1.54) is 50.5 Å². The number of halogens is 1. The van der Waals surface area contributed by atoms with Crippen LogP contribution >= 0.6 is 12.4 Å². The van der Waals surface area contributed by atoms with Gasteiger partial charge in [-0.1, -0.05) is 89.6 Å². The van der Waals surface area contributed by atoms with E-state index in [1.54, 1.807) is 0 Å². The Morgan fingerprint density at radius 2 is 1.45 bits per heavy atom. The fourth-order valence-electron chi connectivity index (χ4n) is 3.65. The lowest BCUT2D eigenvalue weighted by atomic mass is 9.72. The second kappa shape index (κ2) is 12.0. The highest BCUT2D eigenvalue weighted by molar-refractivity contribution is 5.85. The van der Waals surface area contributed by atoms with Crippen LogP contribution < -0.4 is 5.73 Å². The van der Waals surface area contributed by atoms with Crippen LogP contribution in [-0.4, -0.2) is 5.54 Å². The van der Waals surface area contributed by atoms with Gasteiger partial charge in [0.15, 0.2) is 0 Å². The summed E-state index contributed by atoms with van der Waals surface area (Å²) >= 11 is 0. The van der Waals surface area contributed by atoms with E-state index in [9.17, 15) is 0 Å². The van der Waals surface area contributed by atoms with Gasteiger partial charge in [-0.25, -0.2) is 0 Å². The molecule has 0 amide bonds. The normalized spacial score (nSPS) is 12.7. The van der Waals surface area contributed by atoms with Crippen molar-refractivity contribution in [2.75, 3.05) is 0 Å². The van der Waals surface area contributed by atoms with Crippen molar-refractivity contribution < 1.29 is 0 Å². The number of nitrogens with two attached hydrogens (primary N) is 1. The topological polar surface area (TPSA) is 26.0 Å². The molecule has 0 spiro atoms. The average Bonchev–Trinajstić information content (AvgIpc) is 2.48. The molecular formula is C20H36ClN. The lowest BCUT2D eigenvalue weighted by Crippen LogP contribution is -2.45. The van der Waals surface area contributed by atoms with Crippen molar-refractivity contribution in [3.63, 3.8) is 0 Å². The van der Waals surface area contributed by atoms with Gasteiger partial charge >= 0.3 is 0 Å². The third-order valence-electron chi connectivity index (χ3n) is 4.67. The van der Waals surface area contributed by atoms with Crippen LogP contribution in [0.5, 0.6) is 0 Å². The molecule has 1 nitrogen and oxygen atoms in total. The van der Waals surface area contributed by atoms with Crippen LogP contribution in [0.15, 0.2) is 30.3 Å². The third-order valence-corrected chi connectivity index (χ3v) is 4.67. The first-order valence-electron chi connectivity index (χ1n) is 9.01. The quantitative estimate of drug-likeness (QED) is 0.464. The van der Waals surface area contributed by atoms with Crippen LogP contribution in [0.3, 0.4) is 0 Å². The molecular weight excluding hydrogens is 290 g/mol. The minimum absolute atomic E-state index is 0. The summed E-state index contributed by atoms with van der Waals surface area (Å²) in [4.78, 5) is 0. The summed E-state index contributed by atoms with van der Waals surface area (Å²) in [6.07, 6.45) is 11.1. The molecule has 0 bridgehead atoms. The Kier molecular flexibility index (Phi) is 11.7. The van der Waals surface area contributed by atoms with Gasteiger partial charge in [0, 0.05) is 11.5 Å². The molecule has 1 unspecified atom stereocenters. The summed E-state index contributed by atoms with van der Waals surface area (Å²) in [5.41, 5.74) is 8.32. The fourth-order valence-corrected chi connectivity index (χ4v) is 3.65. The molecule has 22 heavy (non-hydrogen) atoms. The summed E-state index contributed by atoms with van der Waals surface area (Å²) in [5.74, 6) is 0.510. The van der Waals surface area contributed by atoms with Gasteiger partial charge in [-0.2, -0.15) is 0 Å². The van der Waals surface area contributed by atoms with Crippen molar-refractivity contribution in [3.8, 4) is 0 Å². The van der Waals surface area contributed by atoms with Gasteiger partial charge in [-0.05, 0) is 24.8 Å². The lowest BCUT2D eigenvalue weighted by Gasteiger charge is -2.38. The van der Waals surface area contributed by atoms with Crippen LogP contribution in [0.4, 0.5) is 0 Å². The van der Waals surface area contributed by atoms with E-state index in [4.69, 9.17) is 5.73 Å². The zero-order chi connectivity index (χ0) is 15.6. The van der Waals surface area contributed by atoms with E-state index in [0.717, 1.165) is 12.8 Å². The molecule has 0 aliphatic rings. The Labute approximate surface area is 144 Å². The standard InChI is InChI=1S/C20H35N.ClH/c1-4-7-8-12-15-19(18-13-10-9-11-14-18)20(21,16-5-2)17-6-3;/h9-11,13-14,19H,4-8,12,15-17,21H2,1-3H3;1H. The maximum absolute atomic E-state index is 6.91. The second-order valence-electron chi connectivity index (χ2n) is 6.55. The van der Waals surface area contributed by atoms with E-state index in [-0.39, 0.29) is 17.9 Å². The first-order valence-corrected chi connectivity index (χ1v) is 9.01. The molecule has 1 aromatic rings. The third kappa shape index (κ3) is 6.71. The van der Waals surface area contributed by atoms with Crippen molar-refractivity contribution in [2.24, 2.45) is 5.73 Å². The van der Waals surface area contributed by atoms with Crippen LogP contribution in [0.25, 0.3) is 0 Å². The lowest BCUT2D eigenvalue weighted by molar-refractivity contribution is 0.275. The Balaban J connectivity index is 0.00000441. The Hall–Kier alpha value is -0.530. The maximum atomic E-state index is 6.91. The average molecular weight is 326 g/mol. The van der Waals surface area contributed by atoms with E-state index < -0.39 is 0 Å². The van der Waals surface area contributed by atoms with Gasteiger partial charge in [0.2, 0.25) is 0 Å². The molecule has 0 aromatic heterocycles. The van der Waals surface area contributed by atoms with Gasteiger partial charge in [0.1, 0.15) is 0 Å². The van der Waals surface area contributed by atoms with Crippen molar-refractivity contribution >= 4 is 12.4 Å². The monoisotopic (exact) mass is 325 g/mol. The Morgan fingerprint density at radius 1 is 0.864 bits per heavy atom. The van der Waals surface area contributed by atoms with E-state index >= 15 is 0 Å². The van der Waals surface area contributed by atoms with Gasteiger partial charge in [0.05, 0.1) is 0 Å². The predicted molar refractivity (Wildman–Crippen MR) is 102 cm³/mol. The molecule has 1 aromatic carbocycles. The van der Waals surface area contributed by atoms with Crippen molar-refractivity contribution in [2.45, 2.75) is 90.0 Å². The highest BCUT2D eigenvalue weighted by atomic mass is 35.5. The van der Waals surface area contributed by atoms with Crippen molar-refractivity contribution in [1.29, 1.82) is 0 Å². The molecule has 0 radical (unpaired) electrons. The van der Waals surface area contributed by atoms with Gasteiger partial charge in [-0.15, -0.1) is 12.4 Å². The van der Waals surface area contributed by atoms with E-state index in [2.05, 4.69) is 51.1 Å². The van der Waals surface area contributed by atoms with E-state index in [0.29, 0.717) is 5.92 Å². The summed E-state index contributed by atoms with van der Waals surface area (Å²) in [7, 11) is 0. The highest BCUT2D eigenvalue weighted by Crippen LogP contribution is 2.37. The van der Waals surface area contributed by atoms with Crippen LogP contribution in [0.2, 0.25) is 0 Å². The van der Waals surface area contributed by atoms with Crippen LogP contribution in [0, 0.1) is 0 Å². The summed E-state index contributed by atoms with van der Waals surface area (Å²) in [6.45, 7) is 6.79. The van der Waals surface area contributed by atoms with Gasteiger partial charge in [0.25, 0.3) is 0 Å².